The van der Waals surface area contributed by atoms with Crippen molar-refractivity contribution in [3.8, 4) is 17.2 Å². The molecule has 2 atom stereocenters. The second-order valence-corrected chi connectivity index (χ2v) is 10.8. The smallest absolute Gasteiger partial charge is 0.338 e. The van der Waals surface area contributed by atoms with Gasteiger partial charge in [-0.25, -0.2) is 18.3 Å². The molecule has 4 aromatic rings. The van der Waals surface area contributed by atoms with Gasteiger partial charge in [0.25, 0.3) is 0 Å². The number of carbonyl (C=O) groups excluding carboxylic acids is 1. The van der Waals surface area contributed by atoms with E-state index in [1.54, 1.807) is 53.7 Å². The summed E-state index contributed by atoms with van der Waals surface area (Å²) < 4.78 is 34.1. The van der Waals surface area contributed by atoms with Crippen molar-refractivity contribution in [2.75, 3.05) is 7.05 Å². The second-order valence-electron chi connectivity index (χ2n) is 10.8. The molecule has 0 spiro atoms. The summed E-state index contributed by atoms with van der Waals surface area (Å²) in [4.78, 5) is 25.6. The van der Waals surface area contributed by atoms with Gasteiger partial charge in [-0.05, 0) is 67.6 Å². The molecule has 8 nitrogen and oxygen atoms in total. The molecule has 2 aliphatic heterocycles. The van der Waals surface area contributed by atoms with Crippen LogP contribution in [-0.4, -0.2) is 37.9 Å². The summed E-state index contributed by atoms with van der Waals surface area (Å²) in [7, 11) is 1.50. The minimum absolute atomic E-state index is 0.0410. The number of amides is 1. The highest BCUT2D eigenvalue weighted by Crippen LogP contribution is 2.38. The number of hydrogen-bond donors (Lipinski definition) is 2. The highest BCUT2D eigenvalue weighted by Gasteiger charge is 2.35. The van der Waals surface area contributed by atoms with E-state index in [1.807, 2.05) is 0 Å². The van der Waals surface area contributed by atoms with Crippen LogP contribution in [0.5, 0.6) is 0 Å². The van der Waals surface area contributed by atoms with E-state index >= 15 is 0 Å². The molecule has 1 fully saturated rings. The monoisotopic (exact) mass is 546 g/mol. The number of nitrogens with zero attached hydrogens (tertiary/aromatic N) is 4. The van der Waals surface area contributed by atoms with E-state index in [-0.39, 0.29) is 35.4 Å². The fourth-order valence-corrected chi connectivity index (χ4v) is 6.07. The average molecular weight is 547 g/mol. The number of imidazole rings is 1. The van der Waals surface area contributed by atoms with E-state index in [2.05, 4.69) is 10.6 Å². The third kappa shape index (κ3) is 4.46. The van der Waals surface area contributed by atoms with Crippen molar-refractivity contribution in [1.29, 1.82) is 0 Å². The largest absolute Gasteiger partial charge is 0.359 e. The van der Waals surface area contributed by atoms with Crippen molar-refractivity contribution in [1.82, 2.24) is 29.5 Å². The van der Waals surface area contributed by atoms with E-state index in [4.69, 9.17) is 5.10 Å². The van der Waals surface area contributed by atoms with Crippen molar-refractivity contribution in [3.63, 3.8) is 0 Å². The molecule has 1 amide bonds. The van der Waals surface area contributed by atoms with Crippen LogP contribution >= 0.6 is 0 Å². The molecular weight excluding hydrogens is 514 g/mol. The first kappa shape index (κ1) is 26.2. The molecule has 2 N–H and O–H groups in total. The number of likely N-dealkylation sites (N-methyl/N-ethyl adjacent to an activating group) is 1. The molecule has 6 rings (SSSR count). The van der Waals surface area contributed by atoms with Crippen molar-refractivity contribution in [2.24, 2.45) is 0 Å². The Morgan fingerprint density at radius 3 is 2.50 bits per heavy atom. The van der Waals surface area contributed by atoms with Crippen molar-refractivity contribution < 1.29 is 13.6 Å². The van der Waals surface area contributed by atoms with Gasteiger partial charge in [-0.2, -0.15) is 5.10 Å². The summed E-state index contributed by atoms with van der Waals surface area (Å²) in [5.41, 5.74) is 3.81. The Balaban J connectivity index is 1.50. The lowest BCUT2D eigenvalue weighted by atomic mass is 9.94. The summed E-state index contributed by atoms with van der Waals surface area (Å²) in [6, 6.07) is 8.28. The number of rotatable bonds is 5. The predicted molar refractivity (Wildman–Crippen MR) is 147 cm³/mol. The Morgan fingerprint density at radius 2 is 1.77 bits per heavy atom. The van der Waals surface area contributed by atoms with Crippen LogP contribution in [0.25, 0.3) is 17.2 Å². The van der Waals surface area contributed by atoms with E-state index in [9.17, 15) is 18.4 Å². The van der Waals surface area contributed by atoms with Crippen LogP contribution in [0.2, 0.25) is 0 Å². The molecule has 0 radical (unpaired) electrons. The van der Waals surface area contributed by atoms with E-state index < -0.39 is 5.82 Å². The molecule has 208 valence electrons. The fourth-order valence-electron chi connectivity index (χ4n) is 6.07. The van der Waals surface area contributed by atoms with Gasteiger partial charge in [0.05, 0.1) is 23.5 Å². The van der Waals surface area contributed by atoms with Crippen LogP contribution in [0.3, 0.4) is 0 Å². The predicted octanol–water partition coefficient (Wildman–Crippen LogP) is 4.13. The first-order valence-electron chi connectivity index (χ1n) is 13.7. The Labute approximate surface area is 230 Å². The number of benzene rings is 2. The zero-order valence-electron chi connectivity index (χ0n) is 22.8. The molecule has 0 unspecified atom stereocenters. The lowest BCUT2D eigenvalue weighted by Crippen LogP contribution is -2.38. The Morgan fingerprint density at radius 1 is 1.05 bits per heavy atom. The summed E-state index contributed by atoms with van der Waals surface area (Å²) in [5.74, 6) is -0.511. The maximum Gasteiger partial charge on any atom is 0.338 e. The third-order valence-electron chi connectivity index (χ3n) is 8.11. The van der Waals surface area contributed by atoms with Gasteiger partial charge >= 0.3 is 5.69 Å². The van der Waals surface area contributed by atoms with Gasteiger partial charge < -0.3 is 10.6 Å². The summed E-state index contributed by atoms with van der Waals surface area (Å²) >= 11 is 0. The van der Waals surface area contributed by atoms with Crippen LogP contribution in [-0.2, 0) is 17.6 Å². The molecule has 0 aliphatic carbocycles. The number of nitrogens with one attached hydrogen (secondary N) is 2. The Hall–Kier alpha value is -4.05. The minimum Gasteiger partial charge on any atom is -0.359 e. The van der Waals surface area contributed by atoms with Crippen molar-refractivity contribution in [3.05, 3.63) is 92.8 Å². The standard InChI is InChI=1S/C30H32F2N6O2/c1-17-12-22(13-18(2)28(17)32)38-29(27-24-7-5-4-6-20(34-24)15-25(27)35-38)37-11-10-36(30(37)40)21-9-8-19(23(31)16-21)14-26(39)33-3/h8-13,16,20,24,34H,4-7,14-15H2,1-3H3,(H,33,39)/t20-,24+/m1/s1. The third-order valence-corrected chi connectivity index (χ3v) is 8.11. The summed E-state index contributed by atoms with van der Waals surface area (Å²) in [5, 5.41) is 11.2. The molecule has 1 saturated heterocycles. The summed E-state index contributed by atoms with van der Waals surface area (Å²) in [6.45, 7) is 3.44. The topological polar surface area (TPSA) is 85.9 Å². The quantitative estimate of drug-likeness (QED) is 0.394. The first-order valence-corrected chi connectivity index (χ1v) is 13.7. The number of aromatic nitrogens is 4. The fraction of sp³-hybridized carbons (Fsp3) is 0.367. The van der Waals surface area contributed by atoms with Crippen LogP contribution in [0.1, 0.15) is 59.7 Å². The van der Waals surface area contributed by atoms with Crippen LogP contribution in [0.4, 0.5) is 8.78 Å². The zero-order valence-corrected chi connectivity index (χ0v) is 22.8. The molecule has 10 heteroatoms. The SMILES string of the molecule is CNC(=O)Cc1ccc(-n2ccn(-c3c4c(nn3-c3cc(C)c(F)c(C)c3)C[C@H]3CCCC[C@@H]4N3)c2=O)cc1F. The Bertz CT molecular complexity index is 1660. The lowest BCUT2D eigenvalue weighted by molar-refractivity contribution is -0.120. The van der Waals surface area contributed by atoms with Gasteiger partial charge in [-0.3, -0.25) is 13.9 Å². The molecule has 40 heavy (non-hydrogen) atoms. The molecule has 2 aromatic heterocycles. The van der Waals surface area contributed by atoms with Gasteiger partial charge in [0.1, 0.15) is 17.5 Å². The van der Waals surface area contributed by atoms with E-state index in [0.29, 0.717) is 34.4 Å². The second kappa shape index (κ2) is 10.2. The zero-order chi connectivity index (χ0) is 28.1. The molecule has 4 heterocycles. The molecule has 2 bridgehead atoms. The molecule has 0 saturated carbocycles. The van der Waals surface area contributed by atoms with Crippen LogP contribution < -0.4 is 16.3 Å². The van der Waals surface area contributed by atoms with Gasteiger partial charge in [0.2, 0.25) is 5.91 Å². The van der Waals surface area contributed by atoms with Gasteiger partial charge in [0.15, 0.2) is 0 Å². The van der Waals surface area contributed by atoms with Crippen molar-refractivity contribution >= 4 is 5.91 Å². The van der Waals surface area contributed by atoms with Gasteiger partial charge in [-0.1, -0.05) is 18.9 Å². The minimum atomic E-state index is -0.561. The lowest BCUT2D eigenvalue weighted by Gasteiger charge is -2.28. The number of fused-ring (bicyclic) bond motifs is 4. The van der Waals surface area contributed by atoms with E-state index in [0.717, 1.165) is 43.4 Å². The Kier molecular flexibility index (Phi) is 6.66. The number of halogens is 2. The normalized spacial score (nSPS) is 18.3. The molecular formula is C30H32F2N6O2. The van der Waals surface area contributed by atoms with Gasteiger partial charge in [-0.15, -0.1) is 0 Å². The summed E-state index contributed by atoms with van der Waals surface area (Å²) in [6.07, 6.45) is 8.15. The highest BCUT2D eigenvalue weighted by atomic mass is 19.1. The molecule has 2 aromatic carbocycles. The van der Waals surface area contributed by atoms with Crippen LogP contribution in [0.15, 0.2) is 47.5 Å². The van der Waals surface area contributed by atoms with E-state index in [1.165, 1.54) is 23.7 Å². The van der Waals surface area contributed by atoms with Crippen molar-refractivity contribution in [2.45, 2.75) is 64.5 Å². The maximum absolute atomic E-state index is 14.9. The average Bonchev–Trinajstić information content (AvgIpc) is 3.43. The number of hydrogen-bond acceptors (Lipinski definition) is 4. The van der Waals surface area contributed by atoms with Crippen LogP contribution in [0, 0.1) is 25.5 Å². The number of carbonyl (C=O) groups is 1. The van der Waals surface area contributed by atoms with Gasteiger partial charge in [0, 0.05) is 43.5 Å². The first-order chi connectivity index (χ1) is 19.2. The maximum atomic E-state index is 14.9. The highest BCUT2D eigenvalue weighted by molar-refractivity contribution is 5.78. The molecule has 2 aliphatic rings. The number of aryl methyl sites for hydroxylation is 2.